The summed E-state index contributed by atoms with van der Waals surface area (Å²) in [6.45, 7) is 5.51. The summed E-state index contributed by atoms with van der Waals surface area (Å²) in [4.78, 5) is 0.401. The lowest BCUT2D eigenvalue weighted by molar-refractivity contribution is 0.459. The van der Waals surface area contributed by atoms with Gasteiger partial charge in [0.05, 0.1) is 4.90 Å². The molecule has 1 saturated heterocycles. The summed E-state index contributed by atoms with van der Waals surface area (Å²) in [6, 6.07) is 5.45. The van der Waals surface area contributed by atoms with Gasteiger partial charge in [-0.15, -0.1) is 0 Å². The topological polar surface area (TPSA) is 63.4 Å². The van der Waals surface area contributed by atoms with Gasteiger partial charge in [0, 0.05) is 13.1 Å². The molecule has 1 aliphatic heterocycles. The highest BCUT2D eigenvalue weighted by Crippen LogP contribution is 2.25. The normalized spacial score (nSPS) is 21.4. The van der Waals surface area contributed by atoms with Gasteiger partial charge in [0.25, 0.3) is 0 Å². The quantitative estimate of drug-likeness (QED) is 0.898. The minimum Gasteiger partial charge on any atom is -0.330 e. The van der Waals surface area contributed by atoms with Gasteiger partial charge in [0.15, 0.2) is 0 Å². The summed E-state index contributed by atoms with van der Waals surface area (Å²) >= 11 is 0. The van der Waals surface area contributed by atoms with Crippen molar-refractivity contribution >= 4 is 10.0 Å². The van der Waals surface area contributed by atoms with Crippen molar-refractivity contribution in [3.05, 3.63) is 29.3 Å². The van der Waals surface area contributed by atoms with Gasteiger partial charge in [-0.2, -0.15) is 4.31 Å². The van der Waals surface area contributed by atoms with E-state index in [0.717, 1.165) is 17.5 Å². The number of hydrogen-bond acceptors (Lipinski definition) is 3. The van der Waals surface area contributed by atoms with Crippen LogP contribution in [0.4, 0.5) is 0 Å². The Kier molecular flexibility index (Phi) is 3.75. The van der Waals surface area contributed by atoms with Crippen molar-refractivity contribution in [1.29, 1.82) is 0 Å². The molecule has 5 heteroatoms. The van der Waals surface area contributed by atoms with Gasteiger partial charge < -0.3 is 5.73 Å². The smallest absolute Gasteiger partial charge is 0.243 e. The number of hydrogen-bond donors (Lipinski definition) is 1. The monoisotopic (exact) mass is 268 g/mol. The first-order chi connectivity index (χ1) is 8.43. The minimum absolute atomic E-state index is 0.297. The molecule has 2 N–H and O–H groups in total. The molecule has 4 nitrogen and oxygen atoms in total. The Morgan fingerprint density at radius 1 is 1.28 bits per heavy atom. The largest absolute Gasteiger partial charge is 0.330 e. The van der Waals surface area contributed by atoms with Crippen LogP contribution < -0.4 is 5.73 Å². The predicted molar refractivity (Wildman–Crippen MR) is 71.8 cm³/mol. The van der Waals surface area contributed by atoms with Crippen LogP contribution >= 0.6 is 0 Å². The molecule has 0 aromatic heterocycles. The van der Waals surface area contributed by atoms with E-state index in [1.54, 1.807) is 16.4 Å². The van der Waals surface area contributed by atoms with Gasteiger partial charge in [0.1, 0.15) is 0 Å². The fraction of sp³-hybridized carbons (Fsp3) is 0.538. The molecule has 2 rings (SSSR count). The van der Waals surface area contributed by atoms with Crippen LogP contribution in [0.15, 0.2) is 23.1 Å². The summed E-state index contributed by atoms with van der Waals surface area (Å²) in [5, 5.41) is 0. The minimum atomic E-state index is -3.35. The van der Waals surface area contributed by atoms with E-state index in [4.69, 9.17) is 5.73 Å². The maximum absolute atomic E-state index is 12.5. The van der Waals surface area contributed by atoms with Crippen LogP contribution in [0.1, 0.15) is 17.5 Å². The van der Waals surface area contributed by atoms with E-state index in [1.165, 1.54) is 0 Å². The molecule has 0 aliphatic carbocycles. The summed E-state index contributed by atoms with van der Waals surface area (Å²) < 4.78 is 26.5. The Hall–Kier alpha value is -0.910. The zero-order valence-corrected chi connectivity index (χ0v) is 11.7. The molecule has 0 radical (unpaired) electrons. The summed E-state index contributed by atoms with van der Waals surface area (Å²) in [6.07, 6.45) is 0.862. The number of nitrogens with zero attached hydrogens (tertiary/aromatic N) is 1. The molecule has 1 fully saturated rings. The Bertz CT molecular complexity index is 520. The van der Waals surface area contributed by atoms with Crippen LogP contribution in [-0.2, 0) is 10.0 Å². The van der Waals surface area contributed by atoms with Crippen LogP contribution in [-0.4, -0.2) is 32.4 Å². The Balaban J connectivity index is 2.31. The van der Waals surface area contributed by atoms with Gasteiger partial charge in [-0.3, -0.25) is 0 Å². The lowest BCUT2D eigenvalue weighted by atomic mass is 10.1. The zero-order valence-electron chi connectivity index (χ0n) is 10.9. The Labute approximate surface area is 109 Å². The van der Waals surface area contributed by atoms with Crippen molar-refractivity contribution < 1.29 is 8.42 Å². The number of rotatable bonds is 3. The van der Waals surface area contributed by atoms with E-state index >= 15 is 0 Å². The van der Waals surface area contributed by atoms with E-state index in [1.807, 2.05) is 19.9 Å². The third-order valence-electron chi connectivity index (χ3n) is 3.41. The average Bonchev–Trinajstić information content (AvgIpc) is 2.76. The van der Waals surface area contributed by atoms with Crippen molar-refractivity contribution in [3.8, 4) is 0 Å². The molecule has 1 aliphatic rings. The van der Waals surface area contributed by atoms with Crippen molar-refractivity contribution in [2.45, 2.75) is 25.2 Å². The van der Waals surface area contributed by atoms with Gasteiger partial charge in [-0.05, 0) is 56.0 Å². The second kappa shape index (κ2) is 4.99. The maximum Gasteiger partial charge on any atom is 0.243 e. The predicted octanol–water partition coefficient (Wildman–Crippen LogP) is 1.27. The Morgan fingerprint density at radius 2 is 1.89 bits per heavy atom. The molecule has 0 bridgehead atoms. The number of nitrogens with two attached hydrogens (primary N) is 1. The van der Waals surface area contributed by atoms with Crippen LogP contribution in [0.5, 0.6) is 0 Å². The first kappa shape index (κ1) is 13.5. The summed E-state index contributed by atoms with van der Waals surface area (Å²) in [5.41, 5.74) is 7.55. The molecule has 1 heterocycles. The fourth-order valence-electron chi connectivity index (χ4n) is 2.44. The molecule has 18 heavy (non-hydrogen) atoms. The van der Waals surface area contributed by atoms with Gasteiger partial charge >= 0.3 is 0 Å². The van der Waals surface area contributed by atoms with Crippen LogP contribution in [0.3, 0.4) is 0 Å². The van der Waals surface area contributed by atoms with Crippen molar-refractivity contribution in [1.82, 2.24) is 4.31 Å². The molecular formula is C13H20N2O2S. The molecule has 1 aromatic rings. The van der Waals surface area contributed by atoms with Crippen LogP contribution in [0.25, 0.3) is 0 Å². The van der Waals surface area contributed by atoms with E-state index in [0.29, 0.717) is 30.4 Å². The highest BCUT2D eigenvalue weighted by molar-refractivity contribution is 7.89. The molecule has 0 spiro atoms. The molecule has 0 amide bonds. The molecule has 0 saturated carbocycles. The highest BCUT2D eigenvalue weighted by atomic mass is 32.2. The van der Waals surface area contributed by atoms with Crippen LogP contribution in [0.2, 0.25) is 0 Å². The van der Waals surface area contributed by atoms with Gasteiger partial charge in [-0.25, -0.2) is 8.42 Å². The number of benzene rings is 1. The van der Waals surface area contributed by atoms with Crippen molar-refractivity contribution in [3.63, 3.8) is 0 Å². The molecule has 1 aromatic carbocycles. The van der Waals surface area contributed by atoms with Crippen molar-refractivity contribution in [2.24, 2.45) is 11.7 Å². The third-order valence-corrected chi connectivity index (χ3v) is 5.26. The van der Waals surface area contributed by atoms with Crippen molar-refractivity contribution in [2.75, 3.05) is 19.6 Å². The number of aryl methyl sites for hydroxylation is 2. The van der Waals surface area contributed by atoms with E-state index in [-0.39, 0.29) is 0 Å². The number of sulfonamides is 1. The van der Waals surface area contributed by atoms with Gasteiger partial charge in [0.2, 0.25) is 10.0 Å². The average molecular weight is 268 g/mol. The summed E-state index contributed by atoms with van der Waals surface area (Å²) in [7, 11) is -3.35. The lowest BCUT2D eigenvalue weighted by Crippen LogP contribution is -2.30. The van der Waals surface area contributed by atoms with Crippen LogP contribution in [0, 0.1) is 19.8 Å². The van der Waals surface area contributed by atoms with E-state index in [2.05, 4.69) is 0 Å². The first-order valence-electron chi connectivity index (χ1n) is 6.22. The third kappa shape index (κ3) is 2.58. The maximum atomic E-state index is 12.5. The standard InChI is InChI=1S/C13H20N2O2S/c1-10-5-11(2)7-13(6-10)18(16,17)15-4-3-12(8-14)9-15/h5-7,12H,3-4,8-9,14H2,1-2H3. The zero-order chi connectivity index (χ0) is 13.3. The molecule has 1 atom stereocenters. The fourth-order valence-corrected chi connectivity index (χ4v) is 4.16. The second-order valence-corrected chi connectivity index (χ2v) is 7.01. The molecular weight excluding hydrogens is 248 g/mol. The summed E-state index contributed by atoms with van der Waals surface area (Å²) in [5.74, 6) is 0.297. The van der Waals surface area contributed by atoms with E-state index in [9.17, 15) is 8.42 Å². The van der Waals surface area contributed by atoms with E-state index < -0.39 is 10.0 Å². The van der Waals surface area contributed by atoms with Gasteiger partial charge in [-0.1, -0.05) is 6.07 Å². The second-order valence-electron chi connectivity index (χ2n) is 5.08. The highest BCUT2D eigenvalue weighted by Gasteiger charge is 2.31. The SMILES string of the molecule is Cc1cc(C)cc(S(=O)(=O)N2CCC(CN)C2)c1. The lowest BCUT2D eigenvalue weighted by Gasteiger charge is -2.17. The first-order valence-corrected chi connectivity index (χ1v) is 7.66. The molecule has 1 unspecified atom stereocenters. The molecule has 100 valence electrons. The Morgan fingerprint density at radius 3 is 2.39 bits per heavy atom.